The molecule has 0 unspecified atom stereocenters. The Morgan fingerprint density at radius 2 is 1.50 bits per heavy atom. The molecule has 0 radical (unpaired) electrons. The normalized spacial score (nSPS) is 14.0. The molecule has 0 spiro atoms. The Morgan fingerprint density at radius 1 is 0.900 bits per heavy atom. The molecular formula is C25H39N3O2. The average Bonchev–Trinajstić information content (AvgIpc) is 2.76. The molecule has 0 atom stereocenters. The highest BCUT2D eigenvalue weighted by molar-refractivity contribution is 5.48. The smallest absolute Gasteiger partial charge is 0.127 e. The lowest BCUT2D eigenvalue weighted by atomic mass is 10.1. The number of nitrogens with zero attached hydrogens (tertiary/aromatic N) is 2. The lowest BCUT2D eigenvalue weighted by Gasteiger charge is -2.20. The van der Waals surface area contributed by atoms with Gasteiger partial charge in [-0.15, -0.1) is 0 Å². The molecule has 5 heteroatoms. The lowest BCUT2D eigenvalue weighted by molar-refractivity contribution is 0.104. The van der Waals surface area contributed by atoms with Crippen molar-refractivity contribution in [1.82, 2.24) is 10.2 Å². The van der Waals surface area contributed by atoms with Gasteiger partial charge in [-0.2, -0.15) is 0 Å². The zero-order valence-electron chi connectivity index (χ0n) is 19.2. The van der Waals surface area contributed by atoms with Gasteiger partial charge in [0, 0.05) is 19.8 Å². The Kier molecular flexibility index (Phi) is 11.3. The maximum atomic E-state index is 5.85. The van der Waals surface area contributed by atoms with Crippen molar-refractivity contribution in [1.29, 1.82) is 0 Å². The highest BCUT2D eigenvalue weighted by Crippen LogP contribution is 2.24. The van der Waals surface area contributed by atoms with Gasteiger partial charge >= 0.3 is 0 Å². The molecule has 1 saturated heterocycles. The molecule has 166 valence electrons. The minimum atomic E-state index is 0.588. The summed E-state index contributed by atoms with van der Waals surface area (Å²) in [6.07, 6.45) is 5.39. The van der Waals surface area contributed by atoms with Gasteiger partial charge in [0.25, 0.3) is 0 Å². The van der Waals surface area contributed by atoms with Crippen LogP contribution in [0.25, 0.3) is 0 Å². The van der Waals surface area contributed by atoms with Gasteiger partial charge in [0.1, 0.15) is 11.5 Å². The number of anilines is 1. The summed E-state index contributed by atoms with van der Waals surface area (Å²) in [6, 6.07) is 16.0. The van der Waals surface area contributed by atoms with Crippen molar-refractivity contribution < 1.29 is 9.47 Å². The maximum absolute atomic E-state index is 5.85. The summed E-state index contributed by atoms with van der Waals surface area (Å²) >= 11 is 0. The van der Waals surface area contributed by atoms with Crippen LogP contribution >= 0.6 is 0 Å². The van der Waals surface area contributed by atoms with Crippen molar-refractivity contribution in [2.75, 3.05) is 52.4 Å². The zero-order valence-corrected chi connectivity index (χ0v) is 19.2. The molecule has 5 nitrogen and oxygen atoms in total. The highest BCUT2D eigenvalue weighted by atomic mass is 16.5. The van der Waals surface area contributed by atoms with Gasteiger partial charge in [-0.3, -0.25) is 5.32 Å². The minimum Gasteiger partial charge on any atom is -0.457 e. The molecule has 1 heterocycles. The van der Waals surface area contributed by atoms with Crippen LogP contribution < -0.4 is 15.0 Å². The summed E-state index contributed by atoms with van der Waals surface area (Å²) in [5.74, 6) is 1.67. The number of likely N-dealkylation sites (tertiary alicyclic amines) is 1. The second-order valence-electron chi connectivity index (χ2n) is 7.99. The fourth-order valence-electron chi connectivity index (χ4n) is 3.14. The molecule has 0 saturated carbocycles. The Labute approximate surface area is 183 Å². The van der Waals surface area contributed by atoms with Crippen molar-refractivity contribution in [3.05, 3.63) is 54.1 Å². The van der Waals surface area contributed by atoms with Crippen molar-refractivity contribution >= 4 is 5.69 Å². The quantitative estimate of drug-likeness (QED) is 0.456. The maximum Gasteiger partial charge on any atom is 0.127 e. The molecule has 1 aliphatic rings. The van der Waals surface area contributed by atoms with Crippen LogP contribution in [0.4, 0.5) is 5.69 Å². The molecule has 0 aliphatic carbocycles. The van der Waals surface area contributed by atoms with Crippen molar-refractivity contribution in [3.63, 3.8) is 0 Å². The summed E-state index contributed by atoms with van der Waals surface area (Å²) in [6.45, 7) is 6.96. The van der Waals surface area contributed by atoms with Gasteiger partial charge in [-0.25, -0.2) is 0 Å². The molecular weight excluding hydrogens is 374 g/mol. The Balaban J connectivity index is 0.000000386. The van der Waals surface area contributed by atoms with Gasteiger partial charge in [-0.1, -0.05) is 25.5 Å². The van der Waals surface area contributed by atoms with Gasteiger partial charge in [0.2, 0.25) is 0 Å². The van der Waals surface area contributed by atoms with Gasteiger partial charge in [-0.05, 0) is 87.9 Å². The molecule has 1 N–H and O–H groups in total. The second kappa shape index (κ2) is 14.0. The number of rotatable bonds is 9. The van der Waals surface area contributed by atoms with E-state index in [1.807, 2.05) is 62.6 Å². The number of hydrogen-bond donors (Lipinski definition) is 1. The first-order valence-corrected chi connectivity index (χ1v) is 11.1. The van der Waals surface area contributed by atoms with E-state index in [9.17, 15) is 0 Å². The van der Waals surface area contributed by atoms with Gasteiger partial charge in [0.05, 0.1) is 13.3 Å². The third-order valence-corrected chi connectivity index (χ3v) is 4.99. The zero-order chi connectivity index (χ0) is 21.6. The fourth-order valence-corrected chi connectivity index (χ4v) is 3.14. The Hall–Kier alpha value is -2.08. The topological polar surface area (TPSA) is 37.0 Å². The summed E-state index contributed by atoms with van der Waals surface area (Å²) in [5, 5.41) is 3.21. The number of benzene rings is 2. The summed E-state index contributed by atoms with van der Waals surface area (Å²) in [7, 11) is 6.24. The first-order valence-electron chi connectivity index (χ1n) is 11.1. The molecule has 3 rings (SSSR count). The van der Waals surface area contributed by atoms with Crippen LogP contribution in [-0.2, 0) is 11.3 Å². The first-order chi connectivity index (χ1) is 14.6. The van der Waals surface area contributed by atoms with Gasteiger partial charge in [0.15, 0.2) is 0 Å². The molecule has 2 aromatic carbocycles. The number of nitrogens with one attached hydrogen (secondary N) is 1. The highest BCUT2D eigenvalue weighted by Gasteiger charge is 2.02. The summed E-state index contributed by atoms with van der Waals surface area (Å²) in [5.41, 5.74) is 2.29. The van der Waals surface area contributed by atoms with E-state index < -0.39 is 0 Å². The number of ether oxygens (including phenoxy) is 2. The Morgan fingerprint density at radius 3 is 2.00 bits per heavy atom. The van der Waals surface area contributed by atoms with Crippen LogP contribution in [0.5, 0.6) is 11.5 Å². The average molecular weight is 414 g/mol. The van der Waals surface area contributed by atoms with E-state index >= 15 is 0 Å². The van der Waals surface area contributed by atoms with Gasteiger partial charge < -0.3 is 19.3 Å². The summed E-state index contributed by atoms with van der Waals surface area (Å²) < 4.78 is 11.4. The predicted molar refractivity (Wildman–Crippen MR) is 127 cm³/mol. The predicted octanol–water partition coefficient (Wildman–Crippen LogP) is 5.12. The molecule has 1 fully saturated rings. The molecule has 30 heavy (non-hydrogen) atoms. The number of piperidine rings is 1. The van der Waals surface area contributed by atoms with Crippen LogP contribution in [0.3, 0.4) is 0 Å². The van der Waals surface area contributed by atoms with E-state index in [2.05, 4.69) is 29.1 Å². The van der Waals surface area contributed by atoms with E-state index in [-0.39, 0.29) is 0 Å². The molecule has 0 aromatic heterocycles. The third kappa shape index (κ3) is 9.61. The Bertz CT molecular complexity index is 681. The molecule has 0 amide bonds. The van der Waals surface area contributed by atoms with Crippen molar-refractivity contribution in [3.8, 4) is 11.5 Å². The van der Waals surface area contributed by atoms with E-state index in [1.54, 1.807) is 0 Å². The van der Waals surface area contributed by atoms with Crippen LogP contribution in [0.1, 0.15) is 38.2 Å². The lowest BCUT2D eigenvalue weighted by Crippen LogP contribution is -2.24. The second-order valence-corrected chi connectivity index (χ2v) is 7.99. The van der Waals surface area contributed by atoms with Crippen LogP contribution in [0.2, 0.25) is 0 Å². The fraction of sp³-hybridized carbons (Fsp3) is 0.520. The standard InChI is InChI=1S/C19H26N2O2.C6H13N/c1-4-13-20-15-22-14-16-5-9-18(10-6-16)23-19-11-7-17(8-12-19)21(2)3;1-7-5-3-2-4-6-7/h5-12,20H,4,13-15H2,1-3H3;2-6H2,1H3. The monoisotopic (exact) mass is 413 g/mol. The van der Waals surface area contributed by atoms with Crippen LogP contribution in [0.15, 0.2) is 48.5 Å². The summed E-state index contributed by atoms with van der Waals surface area (Å²) in [4.78, 5) is 4.46. The van der Waals surface area contributed by atoms with E-state index in [0.29, 0.717) is 13.3 Å². The number of hydrogen-bond acceptors (Lipinski definition) is 5. The largest absolute Gasteiger partial charge is 0.457 e. The molecule has 2 aromatic rings. The van der Waals surface area contributed by atoms with E-state index in [0.717, 1.165) is 35.7 Å². The minimum absolute atomic E-state index is 0.588. The van der Waals surface area contributed by atoms with E-state index in [4.69, 9.17) is 9.47 Å². The SMILES string of the molecule is CCCNCOCc1ccc(Oc2ccc(N(C)C)cc2)cc1.CN1CCCCC1. The molecule has 0 bridgehead atoms. The first kappa shape index (κ1) is 24.2. The van der Waals surface area contributed by atoms with Crippen LogP contribution in [-0.4, -0.2) is 52.4 Å². The third-order valence-electron chi connectivity index (χ3n) is 4.99. The molecule has 1 aliphatic heterocycles. The van der Waals surface area contributed by atoms with Crippen molar-refractivity contribution in [2.45, 2.75) is 39.2 Å². The van der Waals surface area contributed by atoms with Crippen molar-refractivity contribution in [2.24, 2.45) is 0 Å². The van der Waals surface area contributed by atoms with E-state index in [1.165, 1.54) is 32.4 Å². The van der Waals surface area contributed by atoms with Crippen LogP contribution in [0, 0.1) is 0 Å².